The van der Waals surface area contributed by atoms with Gasteiger partial charge in [0.25, 0.3) is 0 Å². The highest BCUT2D eigenvalue weighted by Crippen LogP contribution is 2.10. The molecule has 0 N–H and O–H groups in total. The van der Waals surface area contributed by atoms with Gasteiger partial charge in [0.15, 0.2) is 15.6 Å². The zero-order chi connectivity index (χ0) is 11.5. The van der Waals surface area contributed by atoms with Crippen molar-refractivity contribution in [3.63, 3.8) is 0 Å². The maximum atomic E-state index is 11.3. The van der Waals surface area contributed by atoms with E-state index in [4.69, 9.17) is 0 Å². The summed E-state index contributed by atoms with van der Waals surface area (Å²) in [5.74, 6) is -0.0819. The van der Waals surface area contributed by atoms with E-state index in [1.807, 2.05) is 0 Å². The van der Waals surface area contributed by atoms with Crippen LogP contribution in [0.2, 0.25) is 0 Å². The average molecular weight is 291 g/mol. The minimum absolute atomic E-state index is 0.0313. The molecule has 0 saturated carbocycles. The van der Waals surface area contributed by atoms with E-state index in [-0.39, 0.29) is 16.9 Å². The topological polar surface area (TPSA) is 51.2 Å². The van der Waals surface area contributed by atoms with E-state index < -0.39 is 9.84 Å². The number of sulfone groups is 1. The van der Waals surface area contributed by atoms with Crippen molar-refractivity contribution in [2.45, 2.75) is 5.75 Å². The number of halogens is 1. The van der Waals surface area contributed by atoms with Crippen LogP contribution in [0.25, 0.3) is 0 Å². The van der Waals surface area contributed by atoms with Crippen LogP contribution in [0.1, 0.15) is 15.9 Å². The van der Waals surface area contributed by atoms with Gasteiger partial charge in [-0.2, -0.15) is 0 Å². The third-order valence-corrected chi connectivity index (χ3v) is 3.17. The number of alkyl halides is 1. The number of rotatable bonds is 4. The molecule has 0 bridgehead atoms. The smallest absolute Gasteiger partial charge is 0.173 e. The highest BCUT2D eigenvalue weighted by Gasteiger charge is 2.08. The number of carbonyl (C=O) groups excluding carboxylic acids is 1. The highest BCUT2D eigenvalue weighted by molar-refractivity contribution is 9.09. The number of carbonyl (C=O) groups is 1. The van der Waals surface area contributed by atoms with Crippen molar-refractivity contribution < 1.29 is 13.2 Å². The molecule has 1 aromatic rings. The lowest BCUT2D eigenvalue weighted by Gasteiger charge is -2.02. The van der Waals surface area contributed by atoms with Gasteiger partial charge < -0.3 is 0 Å². The van der Waals surface area contributed by atoms with Crippen molar-refractivity contribution in [3.05, 3.63) is 35.4 Å². The molecule has 3 nitrogen and oxygen atoms in total. The summed E-state index contributed by atoms with van der Waals surface area (Å²) in [4.78, 5) is 11.3. The Kier molecular flexibility index (Phi) is 4.04. The van der Waals surface area contributed by atoms with E-state index in [0.717, 1.165) is 0 Å². The Morgan fingerprint density at radius 2 is 2.07 bits per heavy atom. The van der Waals surface area contributed by atoms with Crippen LogP contribution in [0.3, 0.4) is 0 Å². The highest BCUT2D eigenvalue weighted by atomic mass is 79.9. The van der Waals surface area contributed by atoms with Crippen LogP contribution in [0.4, 0.5) is 0 Å². The van der Waals surface area contributed by atoms with E-state index in [0.29, 0.717) is 11.1 Å². The molecule has 0 aliphatic rings. The molecule has 0 atom stereocenters. The van der Waals surface area contributed by atoms with Gasteiger partial charge in [0.2, 0.25) is 0 Å². The van der Waals surface area contributed by atoms with Crippen molar-refractivity contribution >= 4 is 31.6 Å². The minimum atomic E-state index is -3.05. The number of ketones is 1. The molecule has 0 aromatic heterocycles. The zero-order valence-electron chi connectivity index (χ0n) is 8.23. The van der Waals surface area contributed by atoms with Crippen molar-refractivity contribution in [3.8, 4) is 0 Å². The Morgan fingerprint density at radius 1 is 1.40 bits per heavy atom. The molecule has 15 heavy (non-hydrogen) atoms. The Balaban J connectivity index is 2.98. The largest absolute Gasteiger partial charge is 0.293 e. The third kappa shape index (κ3) is 4.13. The second-order valence-electron chi connectivity index (χ2n) is 3.33. The standard InChI is InChI=1S/C10H11BrO3S/c1-15(13,14)7-8-3-2-4-9(5-8)10(12)6-11/h2-5H,6-7H2,1H3. The lowest BCUT2D eigenvalue weighted by molar-refractivity contribution is 0.102. The van der Waals surface area contributed by atoms with Crippen molar-refractivity contribution in [1.82, 2.24) is 0 Å². The molecule has 1 rings (SSSR count). The summed E-state index contributed by atoms with van der Waals surface area (Å²) >= 11 is 3.07. The summed E-state index contributed by atoms with van der Waals surface area (Å²) in [6.45, 7) is 0. The molecular weight excluding hydrogens is 280 g/mol. The first-order valence-corrected chi connectivity index (χ1v) is 7.46. The lowest BCUT2D eigenvalue weighted by Crippen LogP contribution is -2.04. The Hall–Kier alpha value is -0.680. The molecule has 0 unspecified atom stereocenters. The second-order valence-corrected chi connectivity index (χ2v) is 6.03. The number of hydrogen-bond acceptors (Lipinski definition) is 3. The van der Waals surface area contributed by atoms with Crippen molar-refractivity contribution in [2.75, 3.05) is 11.6 Å². The summed E-state index contributed by atoms with van der Waals surface area (Å²) in [5.41, 5.74) is 1.18. The first kappa shape index (κ1) is 12.4. The predicted octanol–water partition coefficient (Wildman–Crippen LogP) is 1.81. The van der Waals surface area contributed by atoms with Gasteiger partial charge >= 0.3 is 0 Å². The fourth-order valence-electron chi connectivity index (χ4n) is 1.21. The molecular formula is C10H11BrO3S. The monoisotopic (exact) mass is 290 g/mol. The summed E-state index contributed by atoms with van der Waals surface area (Å²) in [5, 5.41) is 0.245. The van der Waals surface area contributed by atoms with Crippen LogP contribution >= 0.6 is 15.9 Å². The van der Waals surface area contributed by atoms with E-state index in [2.05, 4.69) is 15.9 Å². The van der Waals surface area contributed by atoms with Gasteiger partial charge in [-0.1, -0.05) is 34.1 Å². The maximum Gasteiger partial charge on any atom is 0.173 e. The van der Waals surface area contributed by atoms with Gasteiger partial charge in [0.05, 0.1) is 11.1 Å². The van der Waals surface area contributed by atoms with E-state index >= 15 is 0 Å². The molecule has 0 spiro atoms. The van der Waals surface area contributed by atoms with Gasteiger partial charge in [0, 0.05) is 11.8 Å². The molecule has 0 aliphatic heterocycles. The SMILES string of the molecule is CS(=O)(=O)Cc1cccc(C(=O)CBr)c1. The summed E-state index contributed by atoms with van der Waals surface area (Å²) in [6.07, 6.45) is 1.17. The normalized spacial score (nSPS) is 11.3. The van der Waals surface area contributed by atoms with Gasteiger partial charge in [-0.3, -0.25) is 4.79 Å². The van der Waals surface area contributed by atoms with Crippen molar-refractivity contribution in [1.29, 1.82) is 0 Å². The van der Waals surface area contributed by atoms with Crippen LogP contribution in [0, 0.1) is 0 Å². The predicted molar refractivity (Wildman–Crippen MR) is 63.1 cm³/mol. The average Bonchev–Trinajstić information content (AvgIpc) is 2.14. The first-order valence-electron chi connectivity index (χ1n) is 4.28. The molecule has 5 heteroatoms. The fourth-order valence-corrected chi connectivity index (χ4v) is 2.32. The van der Waals surface area contributed by atoms with Crippen LogP contribution in [-0.4, -0.2) is 25.8 Å². The van der Waals surface area contributed by atoms with Gasteiger partial charge in [-0.15, -0.1) is 0 Å². The Labute approximate surface area is 97.5 Å². The molecule has 0 saturated heterocycles. The lowest BCUT2D eigenvalue weighted by atomic mass is 10.1. The van der Waals surface area contributed by atoms with Gasteiger partial charge in [-0.25, -0.2) is 8.42 Å². The number of benzene rings is 1. The van der Waals surface area contributed by atoms with E-state index in [1.165, 1.54) is 6.26 Å². The van der Waals surface area contributed by atoms with Crippen LogP contribution in [0.5, 0.6) is 0 Å². The fraction of sp³-hybridized carbons (Fsp3) is 0.300. The molecule has 0 heterocycles. The van der Waals surface area contributed by atoms with Crippen molar-refractivity contribution in [2.24, 2.45) is 0 Å². The van der Waals surface area contributed by atoms with Gasteiger partial charge in [-0.05, 0) is 11.6 Å². The molecule has 0 fully saturated rings. The Bertz CT molecular complexity index is 465. The van der Waals surface area contributed by atoms with E-state index in [1.54, 1.807) is 24.3 Å². The van der Waals surface area contributed by atoms with Crippen LogP contribution < -0.4 is 0 Å². The zero-order valence-corrected chi connectivity index (χ0v) is 10.6. The molecule has 0 radical (unpaired) electrons. The van der Waals surface area contributed by atoms with Gasteiger partial charge in [0.1, 0.15) is 0 Å². The van der Waals surface area contributed by atoms with Crippen LogP contribution in [-0.2, 0) is 15.6 Å². The minimum Gasteiger partial charge on any atom is -0.293 e. The quantitative estimate of drug-likeness (QED) is 0.628. The second kappa shape index (κ2) is 4.90. The summed E-state index contributed by atoms with van der Waals surface area (Å²) < 4.78 is 22.1. The Morgan fingerprint density at radius 3 is 2.60 bits per heavy atom. The molecule has 82 valence electrons. The van der Waals surface area contributed by atoms with Crippen LogP contribution in [0.15, 0.2) is 24.3 Å². The molecule has 0 amide bonds. The number of Topliss-reactive ketones (excluding diaryl/α,β-unsaturated/α-hetero) is 1. The number of hydrogen-bond donors (Lipinski definition) is 0. The molecule has 1 aromatic carbocycles. The van der Waals surface area contributed by atoms with E-state index in [9.17, 15) is 13.2 Å². The third-order valence-electron chi connectivity index (χ3n) is 1.80. The molecule has 0 aliphatic carbocycles. The summed E-state index contributed by atoms with van der Waals surface area (Å²) in [7, 11) is -3.05. The maximum absolute atomic E-state index is 11.3. The first-order chi connectivity index (χ1) is 6.92. The summed E-state index contributed by atoms with van der Waals surface area (Å²) in [6, 6.07) is 6.68.